The SMILES string of the molecule is CCOC1(C)CN(c2ncnc3[nH]ccc23)C1. The van der Waals surface area contributed by atoms with Crippen molar-refractivity contribution in [3.63, 3.8) is 0 Å². The van der Waals surface area contributed by atoms with Crippen LogP contribution in [0.1, 0.15) is 13.8 Å². The van der Waals surface area contributed by atoms with Crippen molar-refractivity contribution in [3.8, 4) is 0 Å². The largest absolute Gasteiger partial charge is 0.372 e. The minimum atomic E-state index is -0.0255. The molecule has 0 radical (unpaired) electrons. The van der Waals surface area contributed by atoms with Crippen LogP contribution < -0.4 is 4.90 Å². The van der Waals surface area contributed by atoms with Crippen LogP contribution in [0.2, 0.25) is 0 Å². The standard InChI is InChI=1S/C12H16N4O/c1-3-17-12(2)6-16(7-12)11-9-4-5-13-10(9)14-8-15-11/h4-5,8H,3,6-7H2,1-2H3,(H,13,14,15). The van der Waals surface area contributed by atoms with Gasteiger partial charge in [-0.1, -0.05) is 0 Å². The molecule has 2 aromatic rings. The molecular formula is C12H16N4O. The first-order valence-electron chi connectivity index (χ1n) is 5.89. The van der Waals surface area contributed by atoms with Crippen LogP contribution in [-0.4, -0.2) is 40.2 Å². The Morgan fingerprint density at radius 1 is 1.47 bits per heavy atom. The van der Waals surface area contributed by atoms with E-state index >= 15 is 0 Å². The molecule has 1 saturated heterocycles. The molecule has 3 heterocycles. The van der Waals surface area contributed by atoms with Crippen molar-refractivity contribution in [3.05, 3.63) is 18.6 Å². The van der Waals surface area contributed by atoms with Crippen LogP contribution in [0.15, 0.2) is 18.6 Å². The van der Waals surface area contributed by atoms with Gasteiger partial charge in [-0.2, -0.15) is 0 Å². The van der Waals surface area contributed by atoms with Gasteiger partial charge in [0, 0.05) is 25.9 Å². The molecule has 0 amide bonds. The number of anilines is 1. The Balaban J connectivity index is 1.85. The molecule has 90 valence electrons. The number of aromatic nitrogens is 3. The number of ether oxygens (including phenoxy) is 1. The smallest absolute Gasteiger partial charge is 0.142 e. The van der Waals surface area contributed by atoms with Gasteiger partial charge >= 0.3 is 0 Å². The predicted octanol–water partition coefficient (Wildman–Crippen LogP) is 1.57. The van der Waals surface area contributed by atoms with E-state index in [4.69, 9.17) is 4.74 Å². The molecule has 0 spiro atoms. The van der Waals surface area contributed by atoms with Crippen molar-refractivity contribution >= 4 is 16.9 Å². The van der Waals surface area contributed by atoms with Crippen LogP contribution in [0, 0.1) is 0 Å². The molecule has 2 aromatic heterocycles. The molecule has 1 aliphatic heterocycles. The number of nitrogens with zero attached hydrogens (tertiary/aromatic N) is 3. The molecule has 1 N–H and O–H groups in total. The van der Waals surface area contributed by atoms with Crippen LogP contribution in [0.4, 0.5) is 5.82 Å². The second-order valence-corrected chi connectivity index (χ2v) is 4.68. The van der Waals surface area contributed by atoms with Crippen LogP contribution >= 0.6 is 0 Å². The molecule has 0 bridgehead atoms. The third-order valence-corrected chi connectivity index (χ3v) is 3.18. The molecule has 17 heavy (non-hydrogen) atoms. The highest BCUT2D eigenvalue weighted by molar-refractivity contribution is 5.87. The van der Waals surface area contributed by atoms with E-state index in [0.29, 0.717) is 0 Å². The zero-order valence-corrected chi connectivity index (χ0v) is 10.1. The fraction of sp³-hybridized carbons (Fsp3) is 0.500. The Hall–Kier alpha value is -1.62. The number of aromatic amines is 1. The summed E-state index contributed by atoms with van der Waals surface area (Å²) in [5.41, 5.74) is 0.863. The minimum absolute atomic E-state index is 0.0255. The lowest BCUT2D eigenvalue weighted by molar-refractivity contribution is -0.0447. The van der Waals surface area contributed by atoms with Crippen LogP contribution in [0.3, 0.4) is 0 Å². The predicted molar refractivity (Wildman–Crippen MR) is 66.1 cm³/mol. The topological polar surface area (TPSA) is 54.0 Å². The van der Waals surface area contributed by atoms with E-state index in [0.717, 1.165) is 36.5 Å². The van der Waals surface area contributed by atoms with E-state index in [1.54, 1.807) is 6.33 Å². The van der Waals surface area contributed by atoms with E-state index in [1.165, 1.54) is 0 Å². The van der Waals surface area contributed by atoms with Crippen LogP contribution in [-0.2, 0) is 4.74 Å². The quantitative estimate of drug-likeness (QED) is 0.872. The third-order valence-electron chi connectivity index (χ3n) is 3.18. The molecule has 5 heteroatoms. The van der Waals surface area contributed by atoms with Crippen molar-refractivity contribution in [1.29, 1.82) is 0 Å². The first kappa shape index (κ1) is 10.5. The summed E-state index contributed by atoms with van der Waals surface area (Å²) in [6.07, 6.45) is 3.49. The third kappa shape index (κ3) is 1.67. The van der Waals surface area contributed by atoms with Crippen molar-refractivity contribution in [2.45, 2.75) is 19.4 Å². The number of nitrogens with one attached hydrogen (secondary N) is 1. The average Bonchev–Trinajstić information content (AvgIpc) is 2.73. The van der Waals surface area contributed by atoms with Gasteiger partial charge in [-0.25, -0.2) is 9.97 Å². The summed E-state index contributed by atoms with van der Waals surface area (Å²) in [4.78, 5) is 13.9. The molecule has 1 fully saturated rings. The second-order valence-electron chi connectivity index (χ2n) is 4.68. The molecule has 0 unspecified atom stereocenters. The normalized spacial score (nSPS) is 18.4. The number of hydrogen-bond acceptors (Lipinski definition) is 4. The highest BCUT2D eigenvalue weighted by Crippen LogP contribution is 2.32. The Bertz CT molecular complexity index is 530. The highest BCUT2D eigenvalue weighted by atomic mass is 16.5. The van der Waals surface area contributed by atoms with Gasteiger partial charge in [0.15, 0.2) is 0 Å². The lowest BCUT2D eigenvalue weighted by atomic mass is 9.96. The maximum Gasteiger partial charge on any atom is 0.142 e. The van der Waals surface area contributed by atoms with E-state index in [9.17, 15) is 0 Å². The molecule has 5 nitrogen and oxygen atoms in total. The lowest BCUT2D eigenvalue weighted by Gasteiger charge is -2.48. The number of fused-ring (bicyclic) bond motifs is 1. The van der Waals surface area contributed by atoms with Gasteiger partial charge in [0.1, 0.15) is 23.4 Å². The molecule has 0 saturated carbocycles. The van der Waals surface area contributed by atoms with Gasteiger partial charge in [0.25, 0.3) is 0 Å². The summed E-state index contributed by atoms with van der Waals surface area (Å²) in [5, 5.41) is 1.08. The summed E-state index contributed by atoms with van der Waals surface area (Å²) >= 11 is 0. The van der Waals surface area contributed by atoms with Gasteiger partial charge in [-0.05, 0) is 19.9 Å². The summed E-state index contributed by atoms with van der Waals surface area (Å²) in [6, 6.07) is 2.01. The summed E-state index contributed by atoms with van der Waals surface area (Å²) in [5.74, 6) is 0.994. The Morgan fingerprint density at radius 2 is 2.29 bits per heavy atom. The fourth-order valence-corrected chi connectivity index (χ4v) is 2.46. The Morgan fingerprint density at radius 3 is 3.06 bits per heavy atom. The molecule has 0 aromatic carbocycles. The zero-order chi connectivity index (χ0) is 11.9. The monoisotopic (exact) mass is 232 g/mol. The Labute approximate surface area is 99.8 Å². The van der Waals surface area contributed by atoms with Gasteiger partial charge in [0.05, 0.1) is 5.39 Å². The van der Waals surface area contributed by atoms with Gasteiger partial charge in [0.2, 0.25) is 0 Å². The fourth-order valence-electron chi connectivity index (χ4n) is 2.46. The van der Waals surface area contributed by atoms with Crippen molar-refractivity contribution in [2.75, 3.05) is 24.6 Å². The highest BCUT2D eigenvalue weighted by Gasteiger charge is 2.40. The number of hydrogen-bond donors (Lipinski definition) is 1. The number of H-pyrrole nitrogens is 1. The maximum atomic E-state index is 5.72. The molecule has 1 aliphatic rings. The first-order chi connectivity index (χ1) is 8.22. The van der Waals surface area contributed by atoms with E-state index in [2.05, 4.69) is 26.8 Å². The maximum absolute atomic E-state index is 5.72. The van der Waals surface area contributed by atoms with Gasteiger partial charge in [-0.15, -0.1) is 0 Å². The average molecular weight is 232 g/mol. The first-order valence-corrected chi connectivity index (χ1v) is 5.89. The molecule has 0 atom stereocenters. The summed E-state index contributed by atoms with van der Waals surface area (Å²) in [6.45, 7) is 6.70. The second kappa shape index (κ2) is 3.70. The number of rotatable bonds is 3. The molecule has 0 aliphatic carbocycles. The van der Waals surface area contributed by atoms with E-state index in [1.807, 2.05) is 19.2 Å². The van der Waals surface area contributed by atoms with Crippen molar-refractivity contribution in [2.24, 2.45) is 0 Å². The molecular weight excluding hydrogens is 216 g/mol. The van der Waals surface area contributed by atoms with Gasteiger partial charge in [-0.3, -0.25) is 0 Å². The Kier molecular flexibility index (Phi) is 2.29. The van der Waals surface area contributed by atoms with Crippen LogP contribution in [0.5, 0.6) is 0 Å². The molecule has 3 rings (SSSR count). The van der Waals surface area contributed by atoms with E-state index in [-0.39, 0.29) is 5.60 Å². The minimum Gasteiger partial charge on any atom is -0.372 e. The zero-order valence-electron chi connectivity index (χ0n) is 10.1. The van der Waals surface area contributed by atoms with Gasteiger partial charge < -0.3 is 14.6 Å². The van der Waals surface area contributed by atoms with Crippen LogP contribution in [0.25, 0.3) is 11.0 Å². The van der Waals surface area contributed by atoms with Crippen molar-refractivity contribution < 1.29 is 4.74 Å². The lowest BCUT2D eigenvalue weighted by Crippen LogP contribution is -2.61. The summed E-state index contributed by atoms with van der Waals surface area (Å²) in [7, 11) is 0. The van der Waals surface area contributed by atoms with Crippen molar-refractivity contribution in [1.82, 2.24) is 15.0 Å². The summed E-state index contributed by atoms with van der Waals surface area (Å²) < 4.78 is 5.72. The van der Waals surface area contributed by atoms with E-state index < -0.39 is 0 Å².